The third-order valence-corrected chi connectivity index (χ3v) is 6.60. The first-order valence-corrected chi connectivity index (χ1v) is 11.5. The van der Waals surface area contributed by atoms with Gasteiger partial charge in [0, 0.05) is 37.5 Å². The van der Waals surface area contributed by atoms with Crippen LogP contribution in [-0.2, 0) is 10.3 Å². The number of aliphatic hydroxyl groups is 1. The van der Waals surface area contributed by atoms with E-state index in [1.54, 1.807) is 29.3 Å². The Hall–Kier alpha value is -3.78. The molecule has 2 atom stereocenters. The maximum atomic E-state index is 13.5. The molecular formula is C27H28FN3O4. The number of benzene rings is 2. The number of pyridine rings is 1. The van der Waals surface area contributed by atoms with Crippen LogP contribution in [0.15, 0.2) is 67.0 Å². The molecule has 1 fully saturated rings. The number of nitrogens with zero attached hydrogens (tertiary/aromatic N) is 2. The third kappa shape index (κ3) is 5.17. The van der Waals surface area contributed by atoms with Crippen LogP contribution in [0.5, 0.6) is 0 Å². The van der Waals surface area contributed by atoms with Gasteiger partial charge in [-0.3, -0.25) is 9.78 Å². The molecule has 182 valence electrons. The van der Waals surface area contributed by atoms with Crippen LogP contribution in [0.1, 0.15) is 53.7 Å². The lowest BCUT2D eigenvalue weighted by atomic mass is 9.84. The second kappa shape index (κ2) is 10.2. The van der Waals surface area contributed by atoms with Crippen molar-refractivity contribution in [3.8, 4) is 11.1 Å². The lowest BCUT2D eigenvalue weighted by molar-refractivity contribution is -0.0680. The van der Waals surface area contributed by atoms with Crippen LogP contribution in [0.2, 0.25) is 0 Å². The largest absolute Gasteiger partial charge is 0.438 e. The number of aromatic nitrogens is 1. The minimum atomic E-state index is -0.897. The minimum absolute atomic E-state index is 0.0230. The average molecular weight is 478 g/mol. The van der Waals surface area contributed by atoms with E-state index in [0.29, 0.717) is 31.4 Å². The topological polar surface area (TPSA) is 106 Å². The van der Waals surface area contributed by atoms with Crippen LogP contribution in [0.25, 0.3) is 11.1 Å². The van der Waals surface area contributed by atoms with Crippen molar-refractivity contribution < 1.29 is 23.8 Å². The summed E-state index contributed by atoms with van der Waals surface area (Å²) in [6.45, 7) is 2.37. The fraction of sp³-hybridized carbons (Fsp3) is 0.296. The number of ether oxygens (including phenoxy) is 1. The number of rotatable bonds is 8. The highest BCUT2D eigenvalue weighted by Crippen LogP contribution is 2.40. The van der Waals surface area contributed by atoms with Gasteiger partial charge in [0.05, 0.1) is 11.6 Å². The van der Waals surface area contributed by atoms with E-state index in [9.17, 15) is 19.1 Å². The molecule has 0 spiro atoms. The number of aliphatic hydroxyl groups excluding tert-OH is 1. The van der Waals surface area contributed by atoms with Crippen molar-refractivity contribution in [2.45, 2.75) is 37.8 Å². The quantitative estimate of drug-likeness (QED) is 0.495. The summed E-state index contributed by atoms with van der Waals surface area (Å²) in [6.07, 6.45) is 4.08. The van der Waals surface area contributed by atoms with E-state index in [-0.39, 0.29) is 18.5 Å². The van der Waals surface area contributed by atoms with E-state index in [1.165, 1.54) is 18.3 Å². The Labute approximate surface area is 203 Å². The molecule has 7 nitrogen and oxygen atoms in total. The molecular weight excluding hydrogens is 449 g/mol. The van der Waals surface area contributed by atoms with Crippen LogP contribution in [-0.4, -0.2) is 40.1 Å². The molecule has 0 bridgehead atoms. The van der Waals surface area contributed by atoms with Crippen LogP contribution in [0.4, 0.5) is 9.18 Å². The normalized spacial score (nSPS) is 18.7. The molecule has 4 rings (SSSR count). The van der Waals surface area contributed by atoms with Gasteiger partial charge in [0.2, 0.25) is 5.91 Å². The first-order chi connectivity index (χ1) is 16.8. The lowest BCUT2D eigenvalue weighted by Crippen LogP contribution is -2.48. The Kier molecular flexibility index (Phi) is 7.12. The summed E-state index contributed by atoms with van der Waals surface area (Å²) in [6, 6.07) is 15.1. The molecule has 0 aliphatic carbocycles. The Morgan fingerprint density at radius 2 is 1.89 bits per heavy atom. The van der Waals surface area contributed by atoms with Crippen molar-refractivity contribution in [1.29, 1.82) is 0 Å². The molecule has 8 heteroatoms. The highest BCUT2D eigenvalue weighted by atomic mass is 19.1. The van der Waals surface area contributed by atoms with Gasteiger partial charge >= 0.3 is 6.09 Å². The zero-order valence-corrected chi connectivity index (χ0v) is 19.5. The molecule has 1 aromatic heterocycles. The fourth-order valence-corrected chi connectivity index (χ4v) is 4.53. The van der Waals surface area contributed by atoms with Crippen molar-refractivity contribution in [2.75, 3.05) is 13.2 Å². The summed E-state index contributed by atoms with van der Waals surface area (Å²) in [5, 5.41) is 9.37. The summed E-state index contributed by atoms with van der Waals surface area (Å²) in [5.74, 6) is -0.895. The Morgan fingerprint density at radius 1 is 1.17 bits per heavy atom. The predicted octanol–water partition coefficient (Wildman–Crippen LogP) is 4.56. The van der Waals surface area contributed by atoms with E-state index < -0.39 is 17.6 Å². The van der Waals surface area contributed by atoms with E-state index in [1.807, 2.05) is 31.2 Å². The smallest absolute Gasteiger partial charge is 0.411 e. The van der Waals surface area contributed by atoms with Gasteiger partial charge in [0.15, 0.2) is 0 Å². The van der Waals surface area contributed by atoms with Crippen LogP contribution in [0, 0.1) is 5.82 Å². The standard InChI is InChI=1S/C27H28FN3O4/c1-18(19-3-5-20(6-4-19)21-15-22(25(29)33)17-30-16-21)31-13-12-27(11-2-14-32,35-26(31)34)23-7-9-24(28)10-8-23/h3-10,15-18,32H,2,11-14H2,1H3,(H2,29,33). The maximum absolute atomic E-state index is 13.5. The molecule has 3 aromatic rings. The highest BCUT2D eigenvalue weighted by Gasteiger charge is 2.43. The highest BCUT2D eigenvalue weighted by molar-refractivity contribution is 5.93. The summed E-state index contributed by atoms with van der Waals surface area (Å²) >= 11 is 0. The second-order valence-electron chi connectivity index (χ2n) is 8.76. The minimum Gasteiger partial charge on any atom is -0.438 e. The van der Waals surface area contributed by atoms with Gasteiger partial charge in [-0.05, 0) is 54.7 Å². The summed E-state index contributed by atoms with van der Waals surface area (Å²) in [5.41, 5.74) is 8.08. The number of halogens is 1. The molecule has 2 amide bonds. The van der Waals surface area contributed by atoms with Crippen molar-refractivity contribution in [1.82, 2.24) is 9.88 Å². The Bertz CT molecular complexity index is 1200. The van der Waals surface area contributed by atoms with Crippen molar-refractivity contribution in [3.63, 3.8) is 0 Å². The lowest BCUT2D eigenvalue weighted by Gasteiger charge is -2.43. The third-order valence-electron chi connectivity index (χ3n) is 6.60. The zero-order chi connectivity index (χ0) is 25.0. The predicted molar refractivity (Wildman–Crippen MR) is 129 cm³/mol. The summed E-state index contributed by atoms with van der Waals surface area (Å²) in [7, 11) is 0. The van der Waals surface area contributed by atoms with E-state index in [2.05, 4.69) is 4.98 Å². The molecule has 0 saturated carbocycles. The summed E-state index contributed by atoms with van der Waals surface area (Å²) < 4.78 is 19.5. The molecule has 2 unspecified atom stereocenters. The van der Waals surface area contributed by atoms with Crippen LogP contribution < -0.4 is 5.73 Å². The number of carbonyl (C=O) groups excluding carboxylic acids is 2. The first-order valence-electron chi connectivity index (χ1n) is 11.5. The van der Waals surface area contributed by atoms with Crippen LogP contribution in [0.3, 0.4) is 0 Å². The second-order valence-corrected chi connectivity index (χ2v) is 8.76. The number of primary amides is 1. The fourth-order valence-electron chi connectivity index (χ4n) is 4.53. The van der Waals surface area contributed by atoms with E-state index >= 15 is 0 Å². The molecule has 35 heavy (non-hydrogen) atoms. The number of amides is 2. The van der Waals surface area contributed by atoms with Gasteiger partial charge in [-0.2, -0.15) is 0 Å². The molecule has 2 aromatic carbocycles. The molecule has 2 heterocycles. The molecule has 1 saturated heterocycles. The van der Waals surface area contributed by atoms with Gasteiger partial charge in [-0.25, -0.2) is 9.18 Å². The molecule has 3 N–H and O–H groups in total. The zero-order valence-electron chi connectivity index (χ0n) is 19.5. The van der Waals surface area contributed by atoms with Crippen molar-refractivity contribution >= 4 is 12.0 Å². The molecule has 1 aliphatic rings. The Morgan fingerprint density at radius 3 is 2.51 bits per heavy atom. The van der Waals surface area contributed by atoms with Gasteiger partial charge < -0.3 is 20.5 Å². The number of carbonyl (C=O) groups is 2. The average Bonchev–Trinajstić information content (AvgIpc) is 2.87. The van der Waals surface area contributed by atoms with Crippen molar-refractivity contribution in [3.05, 3.63) is 89.5 Å². The first kappa shape index (κ1) is 24.3. The number of cyclic esters (lactones) is 1. The van der Waals surface area contributed by atoms with E-state index in [4.69, 9.17) is 10.5 Å². The van der Waals surface area contributed by atoms with Gasteiger partial charge in [0.1, 0.15) is 11.4 Å². The van der Waals surface area contributed by atoms with Crippen molar-refractivity contribution in [2.24, 2.45) is 5.73 Å². The SMILES string of the molecule is CC(c1ccc(-c2cncc(C(N)=O)c2)cc1)N1CCC(CCCO)(c2ccc(F)cc2)OC1=O. The molecule has 1 aliphatic heterocycles. The monoisotopic (exact) mass is 477 g/mol. The Balaban J connectivity index is 1.51. The van der Waals surface area contributed by atoms with Gasteiger partial charge in [-0.15, -0.1) is 0 Å². The van der Waals surface area contributed by atoms with Gasteiger partial charge in [0.25, 0.3) is 0 Å². The summed E-state index contributed by atoms with van der Waals surface area (Å²) in [4.78, 5) is 30.3. The number of hydrogen-bond acceptors (Lipinski definition) is 5. The molecule has 0 radical (unpaired) electrons. The number of hydrogen-bond donors (Lipinski definition) is 2. The van der Waals surface area contributed by atoms with Gasteiger partial charge in [-0.1, -0.05) is 36.4 Å². The van der Waals surface area contributed by atoms with E-state index in [0.717, 1.165) is 22.3 Å². The number of nitrogens with two attached hydrogens (primary N) is 1. The maximum Gasteiger partial charge on any atom is 0.411 e. The van der Waals surface area contributed by atoms with Crippen LogP contribution >= 0.6 is 0 Å².